The van der Waals surface area contributed by atoms with Crippen molar-refractivity contribution in [3.8, 4) is 11.1 Å². The molecule has 0 aliphatic carbocycles. The highest BCUT2D eigenvalue weighted by Gasteiger charge is 1.94. The van der Waals surface area contributed by atoms with Crippen LogP contribution in [0.3, 0.4) is 0 Å². The molecule has 0 saturated heterocycles. The zero-order valence-corrected chi connectivity index (χ0v) is 11.1. The van der Waals surface area contributed by atoms with Crippen molar-refractivity contribution in [2.24, 2.45) is 0 Å². The molecule has 2 aromatic rings. The van der Waals surface area contributed by atoms with Crippen LogP contribution in [0, 0.1) is 13.0 Å². The van der Waals surface area contributed by atoms with Crippen molar-refractivity contribution in [3.05, 3.63) is 60.2 Å². The summed E-state index contributed by atoms with van der Waals surface area (Å²) >= 11 is 0. The first-order chi connectivity index (χ1) is 8.09. The third-order valence-electron chi connectivity index (χ3n) is 2.05. The maximum absolute atomic E-state index is 3.14. The van der Waals surface area contributed by atoms with Crippen molar-refractivity contribution in [2.45, 2.75) is 6.92 Å². The van der Waals surface area contributed by atoms with E-state index in [0.29, 0.717) is 0 Å². The van der Waals surface area contributed by atoms with Crippen molar-refractivity contribution < 1.29 is 0 Å². The molecule has 0 heterocycles. The van der Waals surface area contributed by atoms with Crippen LogP contribution in [-0.2, 0) is 0 Å². The highest BCUT2D eigenvalue weighted by molar-refractivity contribution is 5.63. The minimum atomic E-state index is 1.18. The van der Waals surface area contributed by atoms with Crippen LogP contribution in [0.5, 0.6) is 0 Å². The second-order valence-corrected chi connectivity index (χ2v) is 4.47. The zero-order chi connectivity index (χ0) is 12.7. The summed E-state index contributed by atoms with van der Waals surface area (Å²) in [5.74, 6) is 0. The van der Waals surface area contributed by atoms with Gasteiger partial charge in [0, 0.05) is 0 Å². The average molecular weight is 226 g/mol. The monoisotopic (exact) mass is 226 g/mol. The van der Waals surface area contributed by atoms with Gasteiger partial charge in [-0.05, 0) is 50.8 Å². The fourth-order valence-electron chi connectivity index (χ4n) is 1.40. The van der Waals surface area contributed by atoms with Crippen molar-refractivity contribution >= 4 is 0 Å². The molecule has 0 bridgehead atoms. The Bertz CT molecular complexity index is 430. The van der Waals surface area contributed by atoms with E-state index in [1.54, 1.807) is 0 Å². The average Bonchev–Trinajstić information content (AvgIpc) is 2.29. The van der Waals surface area contributed by atoms with Gasteiger partial charge in [0.2, 0.25) is 0 Å². The molecule has 89 valence electrons. The van der Waals surface area contributed by atoms with Crippen molar-refractivity contribution in [2.75, 3.05) is 21.1 Å². The summed E-state index contributed by atoms with van der Waals surface area (Å²) in [7, 11) is 6.00. The van der Waals surface area contributed by atoms with Crippen molar-refractivity contribution in [1.29, 1.82) is 0 Å². The molecule has 0 unspecified atom stereocenters. The molecule has 0 N–H and O–H groups in total. The van der Waals surface area contributed by atoms with Crippen LogP contribution in [0.15, 0.2) is 48.5 Å². The number of rotatable bonds is 1. The summed E-state index contributed by atoms with van der Waals surface area (Å²) in [6.45, 7) is 2.06. The van der Waals surface area contributed by atoms with E-state index in [1.807, 2.05) is 38.2 Å². The first-order valence-corrected chi connectivity index (χ1v) is 5.74. The van der Waals surface area contributed by atoms with Crippen LogP contribution in [0.25, 0.3) is 11.1 Å². The second kappa shape index (κ2) is 6.87. The fraction of sp³-hybridized carbons (Fsp3) is 0.250. The van der Waals surface area contributed by atoms with E-state index in [4.69, 9.17) is 0 Å². The fourth-order valence-corrected chi connectivity index (χ4v) is 1.40. The van der Waals surface area contributed by atoms with E-state index in [9.17, 15) is 0 Å². The molecular weight excluding hydrogens is 206 g/mol. The Morgan fingerprint density at radius 3 is 2.00 bits per heavy atom. The lowest BCUT2D eigenvalue weighted by Gasteiger charge is -2.01. The van der Waals surface area contributed by atoms with Crippen molar-refractivity contribution in [3.63, 3.8) is 0 Å². The smallest absolute Gasteiger partial charge is 0.0140 e. The number of hydrogen-bond acceptors (Lipinski definition) is 1. The van der Waals surface area contributed by atoms with Gasteiger partial charge in [-0.3, -0.25) is 0 Å². The lowest BCUT2D eigenvalue weighted by atomic mass is 10.0. The van der Waals surface area contributed by atoms with Gasteiger partial charge in [-0.25, -0.2) is 0 Å². The molecule has 0 spiro atoms. The summed E-state index contributed by atoms with van der Waals surface area (Å²) in [6, 6.07) is 19.7. The van der Waals surface area contributed by atoms with E-state index in [-0.39, 0.29) is 0 Å². The van der Waals surface area contributed by atoms with Crippen LogP contribution in [0.2, 0.25) is 0 Å². The van der Waals surface area contributed by atoms with Crippen LogP contribution in [0.1, 0.15) is 5.56 Å². The highest BCUT2D eigenvalue weighted by atomic mass is 15.0. The van der Waals surface area contributed by atoms with Crippen molar-refractivity contribution in [1.82, 2.24) is 4.90 Å². The van der Waals surface area contributed by atoms with Gasteiger partial charge in [0.25, 0.3) is 0 Å². The molecule has 0 aliphatic rings. The molecule has 0 amide bonds. The largest absolute Gasteiger partial charge is 0.312 e. The highest BCUT2D eigenvalue weighted by Crippen LogP contribution is 2.18. The molecule has 1 radical (unpaired) electrons. The molecule has 2 aromatic carbocycles. The molecule has 0 atom stereocenters. The number of benzene rings is 2. The third kappa shape index (κ3) is 5.32. The first kappa shape index (κ1) is 13.5. The summed E-state index contributed by atoms with van der Waals surface area (Å²) in [6.07, 6.45) is 0. The minimum absolute atomic E-state index is 1.18. The minimum Gasteiger partial charge on any atom is -0.312 e. The maximum atomic E-state index is 3.14. The molecule has 1 nitrogen and oxygen atoms in total. The quantitative estimate of drug-likeness (QED) is 0.717. The summed E-state index contributed by atoms with van der Waals surface area (Å²) in [5.41, 5.74) is 3.71. The maximum Gasteiger partial charge on any atom is -0.0140 e. The Morgan fingerprint density at radius 1 is 0.882 bits per heavy atom. The van der Waals surface area contributed by atoms with Gasteiger partial charge >= 0.3 is 0 Å². The number of aryl methyl sites for hydroxylation is 1. The third-order valence-corrected chi connectivity index (χ3v) is 2.05. The molecule has 0 saturated carbocycles. The lowest BCUT2D eigenvalue weighted by Crippen LogP contribution is -1.99. The van der Waals surface area contributed by atoms with Gasteiger partial charge in [-0.2, -0.15) is 0 Å². The Balaban J connectivity index is 0.000000317. The van der Waals surface area contributed by atoms with Gasteiger partial charge in [0.1, 0.15) is 0 Å². The molecule has 0 fully saturated rings. The topological polar surface area (TPSA) is 3.24 Å². The summed E-state index contributed by atoms with van der Waals surface area (Å²) in [4.78, 5) is 2.00. The predicted molar refractivity (Wildman–Crippen MR) is 75.1 cm³/mol. The standard InChI is InChI=1S/C13H11.C3H9N/c1-11-6-5-9-13(10-11)12-7-3-2-4-8-12;1-4(2)3/h2-5,7-10H,1H3;1-3H3. The van der Waals surface area contributed by atoms with Crippen LogP contribution in [-0.4, -0.2) is 26.0 Å². The number of hydrogen-bond donors (Lipinski definition) is 0. The van der Waals surface area contributed by atoms with Gasteiger partial charge in [0.05, 0.1) is 0 Å². The molecule has 1 heteroatoms. The van der Waals surface area contributed by atoms with Gasteiger partial charge < -0.3 is 4.90 Å². The molecule has 0 aromatic heterocycles. The molecule has 2 rings (SSSR count). The van der Waals surface area contributed by atoms with Gasteiger partial charge in [-0.15, -0.1) is 0 Å². The predicted octanol–water partition coefficient (Wildman–Crippen LogP) is 3.64. The molecular formula is C16H20N. The summed E-state index contributed by atoms with van der Waals surface area (Å²) in [5, 5.41) is 0. The van der Waals surface area contributed by atoms with E-state index in [1.165, 1.54) is 16.7 Å². The van der Waals surface area contributed by atoms with Crippen LogP contribution < -0.4 is 0 Å². The molecule has 0 aliphatic heterocycles. The van der Waals surface area contributed by atoms with E-state index in [2.05, 4.69) is 49.4 Å². The van der Waals surface area contributed by atoms with E-state index < -0.39 is 0 Å². The molecule has 17 heavy (non-hydrogen) atoms. The van der Waals surface area contributed by atoms with Crippen LogP contribution >= 0.6 is 0 Å². The first-order valence-electron chi connectivity index (χ1n) is 5.74. The van der Waals surface area contributed by atoms with E-state index in [0.717, 1.165) is 0 Å². The Kier molecular flexibility index (Phi) is 5.44. The zero-order valence-electron chi connectivity index (χ0n) is 11.1. The Hall–Kier alpha value is -1.60. The Morgan fingerprint density at radius 2 is 1.47 bits per heavy atom. The SMILES string of the molecule is CN(C)C.Cc1[c]ccc(-c2ccccc2)c1. The van der Waals surface area contributed by atoms with Crippen LogP contribution in [0.4, 0.5) is 0 Å². The second-order valence-electron chi connectivity index (χ2n) is 4.47. The number of nitrogens with zero attached hydrogens (tertiary/aromatic N) is 1. The lowest BCUT2D eigenvalue weighted by molar-refractivity contribution is 0.505. The summed E-state index contributed by atoms with van der Waals surface area (Å²) < 4.78 is 0. The Labute approximate surface area is 105 Å². The van der Waals surface area contributed by atoms with Gasteiger partial charge in [-0.1, -0.05) is 48.5 Å². The normalized spacial score (nSPS) is 9.71. The van der Waals surface area contributed by atoms with Gasteiger partial charge in [0.15, 0.2) is 0 Å². The van der Waals surface area contributed by atoms with E-state index >= 15 is 0 Å².